The van der Waals surface area contributed by atoms with Crippen LogP contribution in [-0.2, 0) is 4.79 Å². The van der Waals surface area contributed by atoms with Crippen LogP contribution in [-0.4, -0.2) is 24.7 Å². The predicted molar refractivity (Wildman–Crippen MR) is 128 cm³/mol. The zero-order valence-corrected chi connectivity index (χ0v) is 18.2. The fourth-order valence-electron chi connectivity index (χ4n) is 3.08. The summed E-state index contributed by atoms with van der Waals surface area (Å²) in [6.45, 7) is -0.163. The SMILES string of the molecule is O=C(COc1cccc2ccccc12)N/N=C\c1ccc(OC(=O)c2cccc(Cl)c2)cc1. The fourth-order valence-corrected chi connectivity index (χ4v) is 3.27. The van der Waals surface area contributed by atoms with E-state index in [1.807, 2.05) is 42.5 Å². The molecule has 0 saturated heterocycles. The summed E-state index contributed by atoms with van der Waals surface area (Å²) in [5, 5.41) is 6.37. The molecule has 0 spiro atoms. The van der Waals surface area contributed by atoms with E-state index in [1.54, 1.807) is 42.5 Å². The van der Waals surface area contributed by atoms with Gasteiger partial charge in [0.2, 0.25) is 0 Å². The van der Waals surface area contributed by atoms with Gasteiger partial charge in [-0.05, 0) is 59.5 Å². The van der Waals surface area contributed by atoms with Crippen LogP contribution in [0.2, 0.25) is 5.02 Å². The Hall–Kier alpha value is -4.16. The highest BCUT2D eigenvalue weighted by atomic mass is 35.5. The quantitative estimate of drug-likeness (QED) is 0.178. The van der Waals surface area contributed by atoms with Gasteiger partial charge in [-0.25, -0.2) is 10.2 Å². The monoisotopic (exact) mass is 458 g/mol. The largest absolute Gasteiger partial charge is 0.483 e. The summed E-state index contributed by atoms with van der Waals surface area (Å²) in [6.07, 6.45) is 1.48. The lowest BCUT2D eigenvalue weighted by molar-refractivity contribution is -0.123. The molecule has 0 aliphatic heterocycles. The lowest BCUT2D eigenvalue weighted by Gasteiger charge is -2.08. The summed E-state index contributed by atoms with van der Waals surface area (Å²) in [5.74, 6) is 0.128. The fraction of sp³-hybridized carbons (Fsp3) is 0.0385. The predicted octanol–water partition coefficient (Wildman–Crippen LogP) is 5.24. The van der Waals surface area contributed by atoms with Crippen molar-refractivity contribution in [1.29, 1.82) is 0 Å². The Balaban J connectivity index is 1.27. The molecule has 4 aromatic carbocycles. The van der Waals surface area contributed by atoms with Gasteiger partial charge in [0.25, 0.3) is 5.91 Å². The van der Waals surface area contributed by atoms with Crippen LogP contribution >= 0.6 is 11.6 Å². The number of amides is 1. The number of halogens is 1. The smallest absolute Gasteiger partial charge is 0.343 e. The van der Waals surface area contributed by atoms with E-state index in [1.165, 1.54) is 12.3 Å². The van der Waals surface area contributed by atoms with Crippen LogP contribution in [0.15, 0.2) is 96.1 Å². The second-order valence-corrected chi connectivity index (χ2v) is 7.46. The highest BCUT2D eigenvalue weighted by Crippen LogP contribution is 2.25. The molecular formula is C26H19ClN2O4. The molecule has 0 saturated carbocycles. The third-order valence-corrected chi connectivity index (χ3v) is 4.90. The second-order valence-electron chi connectivity index (χ2n) is 7.03. The molecule has 33 heavy (non-hydrogen) atoms. The van der Waals surface area contributed by atoms with Gasteiger partial charge in [-0.3, -0.25) is 4.79 Å². The first-order valence-corrected chi connectivity index (χ1v) is 10.5. The molecule has 0 bridgehead atoms. The number of carbonyl (C=O) groups excluding carboxylic acids is 2. The van der Waals surface area contributed by atoms with E-state index in [9.17, 15) is 9.59 Å². The highest BCUT2D eigenvalue weighted by molar-refractivity contribution is 6.30. The highest BCUT2D eigenvalue weighted by Gasteiger charge is 2.09. The Morgan fingerprint density at radius 2 is 1.67 bits per heavy atom. The molecule has 7 heteroatoms. The van der Waals surface area contributed by atoms with Crippen LogP contribution in [0.4, 0.5) is 0 Å². The number of nitrogens with zero attached hydrogens (tertiary/aromatic N) is 1. The number of nitrogens with one attached hydrogen (secondary N) is 1. The average Bonchev–Trinajstić information content (AvgIpc) is 2.84. The van der Waals surface area contributed by atoms with Crippen LogP contribution in [0.5, 0.6) is 11.5 Å². The molecule has 0 aliphatic carbocycles. The number of hydrogen-bond acceptors (Lipinski definition) is 5. The normalized spacial score (nSPS) is 10.8. The first kappa shape index (κ1) is 22.0. The molecular weight excluding hydrogens is 440 g/mol. The number of hydrogen-bond donors (Lipinski definition) is 1. The Kier molecular flexibility index (Phi) is 6.97. The standard InChI is InChI=1S/C26H19ClN2O4/c27-21-8-3-7-20(15-21)26(31)33-22-13-11-18(12-14-22)16-28-29-25(30)17-32-24-10-4-6-19-5-1-2-9-23(19)24/h1-16H,17H2,(H,29,30)/b28-16-. The molecule has 1 amide bonds. The lowest BCUT2D eigenvalue weighted by Crippen LogP contribution is -2.24. The number of esters is 1. The maximum absolute atomic E-state index is 12.2. The van der Waals surface area contributed by atoms with Gasteiger partial charge in [0.15, 0.2) is 6.61 Å². The maximum atomic E-state index is 12.2. The van der Waals surface area contributed by atoms with Crippen molar-refractivity contribution in [3.05, 3.63) is 107 Å². The number of benzene rings is 4. The molecule has 0 fully saturated rings. The van der Waals surface area contributed by atoms with Crippen molar-refractivity contribution in [2.45, 2.75) is 0 Å². The average molecular weight is 459 g/mol. The summed E-state index contributed by atoms with van der Waals surface area (Å²) in [7, 11) is 0. The molecule has 0 heterocycles. The van der Waals surface area contributed by atoms with E-state index in [0.29, 0.717) is 27.6 Å². The van der Waals surface area contributed by atoms with E-state index in [-0.39, 0.29) is 12.5 Å². The van der Waals surface area contributed by atoms with Gasteiger partial charge in [-0.15, -0.1) is 0 Å². The van der Waals surface area contributed by atoms with E-state index in [2.05, 4.69) is 10.5 Å². The van der Waals surface area contributed by atoms with Crippen molar-refractivity contribution >= 4 is 40.5 Å². The van der Waals surface area contributed by atoms with E-state index in [4.69, 9.17) is 21.1 Å². The van der Waals surface area contributed by atoms with E-state index >= 15 is 0 Å². The third-order valence-electron chi connectivity index (χ3n) is 4.66. The summed E-state index contributed by atoms with van der Waals surface area (Å²) in [5.41, 5.74) is 3.51. The van der Waals surface area contributed by atoms with Gasteiger partial charge < -0.3 is 9.47 Å². The van der Waals surface area contributed by atoms with Crippen molar-refractivity contribution in [2.24, 2.45) is 5.10 Å². The topological polar surface area (TPSA) is 77.0 Å². The second kappa shape index (κ2) is 10.4. The minimum Gasteiger partial charge on any atom is -0.483 e. The molecule has 164 valence electrons. The van der Waals surface area contributed by atoms with Gasteiger partial charge >= 0.3 is 5.97 Å². The lowest BCUT2D eigenvalue weighted by atomic mass is 10.1. The molecule has 0 aromatic heterocycles. The van der Waals surface area contributed by atoms with Crippen LogP contribution in [0, 0.1) is 0 Å². The molecule has 4 aromatic rings. The van der Waals surface area contributed by atoms with Gasteiger partial charge in [0.1, 0.15) is 11.5 Å². The van der Waals surface area contributed by atoms with Crippen LogP contribution in [0.25, 0.3) is 10.8 Å². The number of ether oxygens (including phenoxy) is 2. The Morgan fingerprint density at radius 1 is 0.909 bits per heavy atom. The van der Waals surface area contributed by atoms with Gasteiger partial charge in [-0.2, -0.15) is 5.10 Å². The molecule has 1 N–H and O–H groups in total. The zero-order chi connectivity index (χ0) is 23.0. The van der Waals surface area contributed by atoms with Gasteiger partial charge in [0, 0.05) is 10.4 Å². The Labute approximate surface area is 195 Å². The summed E-state index contributed by atoms with van der Waals surface area (Å²) < 4.78 is 11.0. The number of fused-ring (bicyclic) bond motifs is 1. The summed E-state index contributed by atoms with van der Waals surface area (Å²) >= 11 is 5.90. The Bertz CT molecular complexity index is 1310. The van der Waals surface area contributed by atoms with Crippen LogP contribution < -0.4 is 14.9 Å². The molecule has 6 nitrogen and oxygen atoms in total. The minimum absolute atomic E-state index is 0.163. The number of carbonyl (C=O) groups is 2. The molecule has 0 unspecified atom stereocenters. The summed E-state index contributed by atoms with van der Waals surface area (Å²) in [4.78, 5) is 24.2. The van der Waals surface area contributed by atoms with Gasteiger partial charge in [-0.1, -0.05) is 54.1 Å². The maximum Gasteiger partial charge on any atom is 0.343 e. The summed E-state index contributed by atoms with van der Waals surface area (Å²) in [6, 6.07) is 26.7. The van der Waals surface area contributed by atoms with E-state index in [0.717, 1.165) is 10.8 Å². The number of rotatable bonds is 7. The minimum atomic E-state index is -0.502. The van der Waals surface area contributed by atoms with Crippen molar-refractivity contribution in [3.63, 3.8) is 0 Å². The van der Waals surface area contributed by atoms with Crippen LogP contribution in [0.1, 0.15) is 15.9 Å². The third kappa shape index (κ3) is 5.96. The molecule has 0 radical (unpaired) electrons. The van der Waals surface area contributed by atoms with Crippen LogP contribution in [0.3, 0.4) is 0 Å². The van der Waals surface area contributed by atoms with E-state index < -0.39 is 5.97 Å². The Morgan fingerprint density at radius 3 is 2.48 bits per heavy atom. The first-order valence-electron chi connectivity index (χ1n) is 10.1. The molecule has 0 atom stereocenters. The number of hydrazone groups is 1. The van der Waals surface area contributed by atoms with Crippen molar-refractivity contribution in [2.75, 3.05) is 6.61 Å². The van der Waals surface area contributed by atoms with Crippen molar-refractivity contribution < 1.29 is 19.1 Å². The van der Waals surface area contributed by atoms with Crippen molar-refractivity contribution in [3.8, 4) is 11.5 Å². The first-order chi connectivity index (χ1) is 16.1. The zero-order valence-electron chi connectivity index (χ0n) is 17.4. The molecule has 0 aliphatic rings. The van der Waals surface area contributed by atoms with Gasteiger partial charge in [0.05, 0.1) is 11.8 Å². The van der Waals surface area contributed by atoms with Crippen molar-refractivity contribution in [1.82, 2.24) is 5.43 Å². The molecule has 4 rings (SSSR count).